The predicted octanol–water partition coefficient (Wildman–Crippen LogP) is 1.24. The molecule has 0 radical (unpaired) electrons. The molecule has 2 rings (SSSR count). The van der Waals surface area contributed by atoms with Crippen molar-refractivity contribution < 1.29 is 9.47 Å². The molecule has 0 bridgehead atoms. The summed E-state index contributed by atoms with van der Waals surface area (Å²) in [5.74, 6) is 0.705. The van der Waals surface area contributed by atoms with E-state index in [-0.39, 0.29) is 5.54 Å². The molecule has 2 N–H and O–H groups in total. The van der Waals surface area contributed by atoms with Crippen LogP contribution in [-0.4, -0.2) is 57.0 Å². The quantitative estimate of drug-likeness (QED) is 0.744. The smallest absolute Gasteiger partial charge is 0.0702 e. The van der Waals surface area contributed by atoms with E-state index < -0.39 is 0 Å². The third-order valence-corrected chi connectivity index (χ3v) is 4.60. The van der Waals surface area contributed by atoms with Crippen molar-refractivity contribution in [1.29, 1.82) is 0 Å². The number of hydrogen-bond donors (Lipinski definition) is 1. The van der Waals surface area contributed by atoms with E-state index >= 15 is 0 Å². The zero-order valence-corrected chi connectivity index (χ0v) is 11.9. The van der Waals surface area contributed by atoms with Gasteiger partial charge in [-0.1, -0.05) is 0 Å². The van der Waals surface area contributed by atoms with Gasteiger partial charge in [0, 0.05) is 26.8 Å². The van der Waals surface area contributed by atoms with E-state index in [1.807, 2.05) is 0 Å². The van der Waals surface area contributed by atoms with E-state index in [2.05, 4.69) is 11.9 Å². The Morgan fingerprint density at radius 1 is 1.33 bits per heavy atom. The molecule has 2 atom stereocenters. The molecule has 0 aromatic carbocycles. The molecule has 1 saturated carbocycles. The second-order valence-electron chi connectivity index (χ2n) is 5.88. The van der Waals surface area contributed by atoms with E-state index in [0.717, 1.165) is 19.8 Å². The zero-order valence-electron chi connectivity index (χ0n) is 11.9. The topological polar surface area (TPSA) is 47.7 Å². The van der Waals surface area contributed by atoms with Crippen molar-refractivity contribution in [2.24, 2.45) is 11.7 Å². The van der Waals surface area contributed by atoms with Crippen LogP contribution in [0.1, 0.15) is 32.1 Å². The molecule has 0 aromatic heterocycles. The van der Waals surface area contributed by atoms with Gasteiger partial charge in [-0.05, 0) is 45.1 Å². The highest BCUT2D eigenvalue weighted by Crippen LogP contribution is 2.42. The Bertz CT molecular complexity index is 252. The largest absolute Gasteiger partial charge is 0.383 e. The lowest BCUT2D eigenvalue weighted by atomic mass is 9.91. The van der Waals surface area contributed by atoms with Gasteiger partial charge in [0.1, 0.15) is 0 Å². The van der Waals surface area contributed by atoms with Gasteiger partial charge in [0.15, 0.2) is 0 Å². The Morgan fingerprint density at radius 2 is 2.11 bits per heavy atom. The summed E-state index contributed by atoms with van der Waals surface area (Å²) in [4.78, 5) is 2.41. The van der Waals surface area contributed by atoms with Crippen molar-refractivity contribution >= 4 is 0 Å². The summed E-state index contributed by atoms with van der Waals surface area (Å²) in [7, 11) is 3.96. The van der Waals surface area contributed by atoms with E-state index in [0.29, 0.717) is 18.6 Å². The molecule has 2 aliphatic rings. The Kier molecular flexibility index (Phi) is 5.01. The highest BCUT2D eigenvalue weighted by Gasteiger charge is 2.47. The van der Waals surface area contributed by atoms with E-state index in [1.54, 1.807) is 7.11 Å². The Balaban J connectivity index is 1.95. The summed E-state index contributed by atoms with van der Waals surface area (Å²) in [6.07, 6.45) is 6.64. The number of nitrogens with zero attached hydrogens (tertiary/aromatic N) is 1. The van der Waals surface area contributed by atoms with Gasteiger partial charge in [-0.2, -0.15) is 0 Å². The minimum Gasteiger partial charge on any atom is -0.383 e. The first-order chi connectivity index (χ1) is 8.73. The van der Waals surface area contributed by atoms with Gasteiger partial charge < -0.3 is 15.2 Å². The number of nitrogens with two attached hydrogens (primary N) is 1. The standard InChI is InChI=1S/C14H28N2O2/c1-16(9-13-5-3-4-8-18-13)14(10-15,11-17-2)12-6-7-12/h12-13H,3-11,15H2,1-2H3. The monoisotopic (exact) mass is 256 g/mol. The number of rotatable bonds is 7. The third kappa shape index (κ3) is 3.05. The molecular formula is C14H28N2O2. The van der Waals surface area contributed by atoms with Crippen molar-refractivity contribution in [3.05, 3.63) is 0 Å². The van der Waals surface area contributed by atoms with E-state index in [4.69, 9.17) is 15.2 Å². The Morgan fingerprint density at radius 3 is 2.61 bits per heavy atom. The van der Waals surface area contributed by atoms with Gasteiger partial charge in [-0.25, -0.2) is 0 Å². The summed E-state index contributed by atoms with van der Waals surface area (Å²) in [6, 6.07) is 0. The van der Waals surface area contributed by atoms with Gasteiger partial charge >= 0.3 is 0 Å². The molecule has 18 heavy (non-hydrogen) atoms. The van der Waals surface area contributed by atoms with Crippen molar-refractivity contribution in [3.63, 3.8) is 0 Å². The van der Waals surface area contributed by atoms with Crippen molar-refractivity contribution in [1.82, 2.24) is 4.90 Å². The van der Waals surface area contributed by atoms with Crippen LogP contribution in [0.15, 0.2) is 0 Å². The maximum Gasteiger partial charge on any atom is 0.0702 e. The minimum absolute atomic E-state index is 0.0234. The first-order valence-corrected chi connectivity index (χ1v) is 7.25. The highest BCUT2D eigenvalue weighted by atomic mass is 16.5. The summed E-state index contributed by atoms with van der Waals surface area (Å²) < 4.78 is 11.3. The average Bonchev–Trinajstić information content (AvgIpc) is 3.21. The molecule has 4 nitrogen and oxygen atoms in total. The molecule has 1 heterocycles. The van der Waals surface area contributed by atoms with Crippen LogP contribution in [0.3, 0.4) is 0 Å². The van der Waals surface area contributed by atoms with Crippen LogP contribution in [0.25, 0.3) is 0 Å². The normalized spacial score (nSPS) is 28.3. The molecule has 106 valence electrons. The predicted molar refractivity (Wildman–Crippen MR) is 72.6 cm³/mol. The SMILES string of the molecule is COCC(CN)(C1CC1)N(C)CC1CCCCO1. The van der Waals surface area contributed by atoms with Crippen LogP contribution >= 0.6 is 0 Å². The lowest BCUT2D eigenvalue weighted by Crippen LogP contribution is -2.59. The van der Waals surface area contributed by atoms with Gasteiger partial charge in [0.25, 0.3) is 0 Å². The van der Waals surface area contributed by atoms with Gasteiger partial charge in [0.2, 0.25) is 0 Å². The maximum atomic E-state index is 6.08. The van der Waals surface area contributed by atoms with Crippen LogP contribution in [-0.2, 0) is 9.47 Å². The van der Waals surface area contributed by atoms with Crippen LogP contribution < -0.4 is 5.73 Å². The Labute approximate surface area is 111 Å². The van der Waals surface area contributed by atoms with Crippen LogP contribution in [0.4, 0.5) is 0 Å². The number of hydrogen-bond acceptors (Lipinski definition) is 4. The number of ether oxygens (including phenoxy) is 2. The molecule has 1 aliphatic carbocycles. The molecular weight excluding hydrogens is 228 g/mol. The fourth-order valence-corrected chi connectivity index (χ4v) is 3.23. The molecule has 0 amide bonds. The van der Waals surface area contributed by atoms with Crippen molar-refractivity contribution in [2.45, 2.75) is 43.7 Å². The third-order valence-electron chi connectivity index (χ3n) is 4.60. The summed E-state index contributed by atoms with van der Waals surface area (Å²) in [5.41, 5.74) is 6.10. The van der Waals surface area contributed by atoms with Crippen molar-refractivity contribution in [2.75, 3.05) is 40.5 Å². The van der Waals surface area contributed by atoms with Gasteiger partial charge in [-0.3, -0.25) is 4.90 Å². The second kappa shape index (κ2) is 6.33. The van der Waals surface area contributed by atoms with E-state index in [9.17, 15) is 0 Å². The summed E-state index contributed by atoms with van der Waals surface area (Å²) in [5, 5.41) is 0. The van der Waals surface area contributed by atoms with Crippen LogP contribution in [0.2, 0.25) is 0 Å². The summed E-state index contributed by atoms with van der Waals surface area (Å²) >= 11 is 0. The van der Waals surface area contributed by atoms with Crippen LogP contribution in [0, 0.1) is 5.92 Å². The molecule has 1 aliphatic heterocycles. The fourth-order valence-electron chi connectivity index (χ4n) is 3.23. The lowest BCUT2D eigenvalue weighted by molar-refractivity contribution is -0.0456. The van der Waals surface area contributed by atoms with Crippen molar-refractivity contribution in [3.8, 4) is 0 Å². The average molecular weight is 256 g/mol. The van der Waals surface area contributed by atoms with Gasteiger partial charge in [0.05, 0.1) is 18.2 Å². The zero-order chi connectivity index (χ0) is 13.0. The fraction of sp³-hybridized carbons (Fsp3) is 1.00. The first kappa shape index (κ1) is 14.3. The number of methoxy groups -OCH3 is 1. The lowest BCUT2D eigenvalue weighted by Gasteiger charge is -2.43. The first-order valence-electron chi connectivity index (χ1n) is 7.25. The second-order valence-corrected chi connectivity index (χ2v) is 5.88. The molecule has 0 spiro atoms. The van der Waals surface area contributed by atoms with Crippen LogP contribution in [0.5, 0.6) is 0 Å². The molecule has 1 saturated heterocycles. The van der Waals surface area contributed by atoms with E-state index in [1.165, 1.54) is 32.1 Å². The molecule has 4 heteroatoms. The molecule has 2 fully saturated rings. The molecule has 0 aromatic rings. The summed E-state index contributed by atoms with van der Waals surface area (Å²) in [6.45, 7) is 3.31. The maximum absolute atomic E-state index is 6.08. The highest BCUT2D eigenvalue weighted by molar-refractivity contribution is 5.03. The molecule has 2 unspecified atom stereocenters. The van der Waals surface area contributed by atoms with Gasteiger partial charge in [-0.15, -0.1) is 0 Å². The minimum atomic E-state index is 0.0234. The Hall–Kier alpha value is -0.160. The number of likely N-dealkylation sites (N-methyl/N-ethyl adjacent to an activating group) is 1.